The number of rotatable bonds is 3. The molecule has 1 atom stereocenters. The Hall–Kier alpha value is -2.87. The second-order valence-corrected chi connectivity index (χ2v) is 5.59. The first-order chi connectivity index (χ1) is 11.5. The molecule has 1 aromatic carbocycles. The van der Waals surface area contributed by atoms with Gasteiger partial charge in [-0.3, -0.25) is 14.9 Å². The maximum atomic E-state index is 11.9. The predicted octanol–water partition coefficient (Wildman–Crippen LogP) is 0.708. The minimum absolute atomic E-state index is 0.0997. The number of aryl methyl sites for hydroxylation is 1. The van der Waals surface area contributed by atoms with Crippen molar-refractivity contribution in [3.05, 3.63) is 41.7 Å². The molecular formula is C16H17N3O5. The zero-order valence-electron chi connectivity index (χ0n) is 13.0. The minimum Gasteiger partial charge on any atom is -0.493 e. The van der Waals surface area contributed by atoms with Gasteiger partial charge >= 0.3 is 11.8 Å². The number of aliphatic hydroxyl groups is 1. The molecule has 8 nitrogen and oxygen atoms in total. The minimum atomic E-state index is -1.28. The standard InChI is InChI=1S/C16H17N3O5/c1-10-8-13(19-24-10)18-15(21)14(20)17-9-16(22)6-7-23-12-5-3-2-4-11(12)16/h2-5,8,22H,6-7,9H2,1H3,(H,17,20)(H,18,19,21)/t16-/m0/s1. The summed E-state index contributed by atoms with van der Waals surface area (Å²) in [7, 11) is 0. The molecule has 2 aromatic rings. The van der Waals surface area contributed by atoms with Crippen LogP contribution in [0.5, 0.6) is 5.75 Å². The fraction of sp³-hybridized carbons (Fsp3) is 0.312. The van der Waals surface area contributed by atoms with Gasteiger partial charge in [0.25, 0.3) is 0 Å². The van der Waals surface area contributed by atoms with E-state index in [4.69, 9.17) is 9.26 Å². The molecule has 0 radical (unpaired) electrons. The summed E-state index contributed by atoms with van der Waals surface area (Å²) in [5.74, 6) is -0.509. The number of ether oxygens (including phenoxy) is 1. The Morgan fingerprint density at radius 3 is 2.88 bits per heavy atom. The second kappa shape index (κ2) is 6.32. The van der Waals surface area contributed by atoms with Crippen molar-refractivity contribution >= 4 is 17.6 Å². The van der Waals surface area contributed by atoms with E-state index >= 15 is 0 Å². The first-order valence-electron chi connectivity index (χ1n) is 7.45. The van der Waals surface area contributed by atoms with Crippen LogP contribution in [-0.4, -0.2) is 35.2 Å². The topological polar surface area (TPSA) is 114 Å². The number of aromatic nitrogens is 1. The number of carbonyl (C=O) groups is 2. The molecule has 24 heavy (non-hydrogen) atoms. The van der Waals surface area contributed by atoms with Crippen molar-refractivity contribution in [3.8, 4) is 5.75 Å². The third kappa shape index (κ3) is 3.23. The van der Waals surface area contributed by atoms with E-state index in [9.17, 15) is 14.7 Å². The number of amides is 2. The molecule has 8 heteroatoms. The monoisotopic (exact) mass is 331 g/mol. The van der Waals surface area contributed by atoms with Gasteiger partial charge < -0.3 is 19.7 Å². The number of hydrogen-bond acceptors (Lipinski definition) is 6. The highest BCUT2D eigenvalue weighted by Crippen LogP contribution is 2.36. The zero-order valence-corrected chi connectivity index (χ0v) is 13.0. The third-order valence-corrected chi connectivity index (χ3v) is 3.78. The fourth-order valence-corrected chi connectivity index (χ4v) is 2.53. The van der Waals surface area contributed by atoms with Crippen LogP contribution in [-0.2, 0) is 15.2 Å². The molecule has 126 valence electrons. The van der Waals surface area contributed by atoms with Gasteiger partial charge in [0.2, 0.25) is 0 Å². The summed E-state index contributed by atoms with van der Waals surface area (Å²) >= 11 is 0. The fourth-order valence-electron chi connectivity index (χ4n) is 2.53. The number of nitrogens with one attached hydrogen (secondary N) is 2. The average Bonchev–Trinajstić information content (AvgIpc) is 2.98. The Morgan fingerprint density at radius 1 is 1.33 bits per heavy atom. The molecule has 1 aliphatic rings. The van der Waals surface area contributed by atoms with E-state index in [1.165, 1.54) is 6.07 Å². The van der Waals surface area contributed by atoms with E-state index in [1.54, 1.807) is 31.2 Å². The first kappa shape index (κ1) is 16.0. The van der Waals surface area contributed by atoms with Crippen molar-refractivity contribution in [2.24, 2.45) is 0 Å². The van der Waals surface area contributed by atoms with Crippen LogP contribution in [0.4, 0.5) is 5.82 Å². The Balaban J connectivity index is 1.63. The van der Waals surface area contributed by atoms with Gasteiger partial charge in [0, 0.05) is 18.1 Å². The molecule has 1 aromatic heterocycles. The van der Waals surface area contributed by atoms with Gasteiger partial charge in [-0.1, -0.05) is 23.4 Å². The highest BCUT2D eigenvalue weighted by atomic mass is 16.5. The van der Waals surface area contributed by atoms with E-state index in [0.717, 1.165) is 0 Å². The van der Waals surface area contributed by atoms with Gasteiger partial charge in [0.15, 0.2) is 5.82 Å². The molecule has 0 spiro atoms. The molecule has 0 bridgehead atoms. The summed E-state index contributed by atoms with van der Waals surface area (Å²) in [4.78, 5) is 23.8. The van der Waals surface area contributed by atoms with E-state index in [-0.39, 0.29) is 12.4 Å². The summed E-state index contributed by atoms with van der Waals surface area (Å²) in [6.45, 7) is 1.89. The number of nitrogens with zero attached hydrogens (tertiary/aromatic N) is 1. The van der Waals surface area contributed by atoms with Crippen molar-refractivity contribution in [3.63, 3.8) is 0 Å². The molecule has 1 aliphatic heterocycles. The van der Waals surface area contributed by atoms with Crippen LogP contribution in [0.1, 0.15) is 17.7 Å². The number of para-hydroxylation sites is 1. The molecular weight excluding hydrogens is 314 g/mol. The summed E-state index contributed by atoms with van der Waals surface area (Å²) in [6, 6.07) is 8.56. The molecule has 0 unspecified atom stereocenters. The molecule has 0 saturated heterocycles. The number of fused-ring (bicyclic) bond motifs is 1. The Kier molecular flexibility index (Phi) is 4.22. The third-order valence-electron chi connectivity index (χ3n) is 3.78. The number of hydrogen-bond donors (Lipinski definition) is 3. The highest BCUT2D eigenvalue weighted by molar-refractivity contribution is 6.39. The van der Waals surface area contributed by atoms with Gasteiger partial charge in [-0.05, 0) is 13.0 Å². The molecule has 0 aliphatic carbocycles. The molecule has 3 rings (SSSR count). The van der Waals surface area contributed by atoms with Gasteiger partial charge in [-0.2, -0.15) is 0 Å². The summed E-state index contributed by atoms with van der Waals surface area (Å²) in [5, 5.41) is 19.1. The maximum Gasteiger partial charge on any atom is 0.314 e. The summed E-state index contributed by atoms with van der Waals surface area (Å²) < 4.78 is 10.3. The van der Waals surface area contributed by atoms with Gasteiger partial charge in [-0.25, -0.2) is 0 Å². The first-order valence-corrected chi connectivity index (χ1v) is 7.45. The Bertz CT molecular complexity index is 773. The van der Waals surface area contributed by atoms with E-state index in [1.807, 2.05) is 0 Å². The van der Waals surface area contributed by atoms with Gasteiger partial charge in [0.1, 0.15) is 17.1 Å². The lowest BCUT2D eigenvalue weighted by atomic mass is 9.88. The van der Waals surface area contributed by atoms with Crippen LogP contribution in [0.3, 0.4) is 0 Å². The lowest BCUT2D eigenvalue weighted by molar-refractivity contribution is -0.137. The largest absolute Gasteiger partial charge is 0.493 e. The van der Waals surface area contributed by atoms with E-state index in [2.05, 4.69) is 15.8 Å². The maximum absolute atomic E-state index is 11.9. The Morgan fingerprint density at radius 2 is 2.12 bits per heavy atom. The highest BCUT2D eigenvalue weighted by Gasteiger charge is 2.36. The van der Waals surface area contributed by atoms with Crippen molar-refractivity contribution in [2.45, 2.75) is 18.9 Å². The summed E-state index contributed by atoms with van der Waals surface area (Å²) in [6.07, 6.45) is 0.314. The molecule has 0 saturated carbocycles. The predicted molar refractivity (Wildman–Crippen MR) is 83.3 cm³/mol. The molecule has 3 N–H and O–H groups in total. The normalized spacial score (nSPS) is 19.1. The van der Waals surface area contributed by atoms with Crippen LogP contribution < -0.4 is 15.4 Å². The molecule has 0 fully saturated rings. The van der Waals surface area contributed by atoms with Crippen molar-refractivity contribution < 1.29 is 24.0 Å². The van der Waals surface area contributed by atoms with Crippen LogP contribution in [0.25, 0.3) is 0 Å². The second-order valence-electron chi connectivity index (χ2n) is 5.59. The lowest BCUT2D eigenvalue weighted by Gasteiger charge is -2.34. The zero-order chi connectivity index (χ0) is 17.2. The van der Waals surface area contributed by atoms with E-state index < -0.39 is 17.4 Å². The number of benzene rings is 1. The van der Waals surface area contributed by atoms with Crippen LogP contribution >= 0.6 is 0 Å². The van der Waals surface area contributed by atoms with Crippen LogP contribution in [0.2, 0.25) is 0 Å². The quantitative estimate of drug-likeness (QED) is 0.714. The average molecular weight is 331 g/mol. The number of carbonyl (C=O) groups excluding carboxylic acids is 2. The van der Waals surface area contributed by atoms with Crippen molar-refractivity contribution in [1.82, 2.24) is 10.5 Å². The SMILES string of the molecule is Cc1cc(NC(=O)C(=O)NC[C@@]2(O)CCOc3ccccc32)no1. The van der Waals surface area contributed by atoms with Gasteiger partial charge in [0.05, 0.1) is 13.2 Å². The molecule has 2 amide bonds. The van der Waals surface area contributed by atoms with Crippen LogP contribution in [0, 0.1) is 6.92 Å². The van der Waals surface area contributed by atoms with Crippen molar-refractivity contribution in [1.29, 1.82) is 0 Å². The smallest absolute Gasteiger partial charge is 0.314 e. The molecule has 2 heterocycles. The van der Waals surface area contributed by atoms with E-state index in [0.29, 0.717) is 30.1 Å². The van der Waals surface area contributed by atoms with Crippen molar-refractivity contribution in [2.75, 3.05) is 18.5 Å². The number of anilines is 1. The Labute approximate surface area is 137 Å². The van der Waals surface area contributed by atoms with Gasteiger partial charge in [-0.15, -0.1) is 0 Å². The van der Waals surface area contributed by atoms with Crippen LogP contribution in [0.15, 0.2) is 34.9 Å². The lowest BCUT2D eigenvalue weighted by Crippen LogP contribution is -2.46. The summed E-state index contributed by atoms with van der Waals surface area (Å²) in [5.41, 5.74) is -0.695.